The Morgan fingerprint density at radius 3 is 2.63 bits per heavy atom. The molecule has 19 heavy (non-hydrogen) atoms. The van der Waals surface area contributed by atoms with Gasteiger partial charge in [0.15, 0.2) is 0 Å². The van der Waals surface area contributed by atoms with Gasteiger partial charge in [0, 0.05) is 13.1 Å². The van der Waals surface area contributed by atoms with Crippen molar-refractivity contribution in [3.8, 4) is 0 Å². The molecule has 1 aromatic rings. The van der Waals surface area contributed by atoms with Crippen LogP contribution in [0.25, 0.3) is 0 Å². The first-order chi connectivity index (χ1) is 8.99. The molecule has 1 saturated carbocycles. The zero-order chi connectivity index (χ0) is 13.9. The normalized spacial score (nSPS) is 17.4. The van der Waals surface area contributed by atoms with Crippen molar-refractivity contribution in [2.24, 2.45) is 7.05 Å². The van der Waals surface area contributed by atoms with Crippen LogP contribution in [-0.4, -0.2) is 36.9 Å². The minimum absolute atomic E-state index is 0.0624. The molecule has 106 valence electrons. The summed E-state index contributed by atoms with van der Waals surface area (Å²) in [6.07, 6.45) is 5.91. The molecule has 2 rings (SSSR count). The monoisotopic (exact) mass is 283 g/mol. The lowest BCUT2D eigenvalue weighted by atomic mass is 9.95. The minimum Gasteiger partial charge on any atom is -0.352 e. The quantitative estimate of drug-likeness (QED) is 0.848. The van der Waals surface area contributed by atoms with E-state index in [2.05, 4.69) is 20.8 Å². The van der Waals surface area contributed by atoms with Crippen molar-refractivity contribution in [1.29, 1.82) is 0 Å². The van der Waals surface area contributed by atoms with Crippen molar-refractivity contribution >= 4 is 17.7 Å². The number of hydrogen-bond donors (Lipinski definition) is 1. The molecule has 0 saturated heterocycles. The zero-order valence-electron chi connectivity index (χ0n) is 11.7. The molecule has 0 atom stereocenters. The van der Waals surface area contributed by atoms with Crippen LogP contribution in [0.5, 0.6) is 0 Å². The average Bonchev–Trinajstić information content (AvgIpc) is 2.75. The van der Waals surface area contributed by atoms with Crippen molar-refractivity contribution in [2.75, 3.05) is 0 Å². The van der Waals surface area contributed by atoms with Crippen molar-refractivity contribution in [1.82, 2.24) is 25.5 Å². The molecule has 1 aromatic heterocycles. The van der Waals surface area contributed by atoms with Gasteiger partial charge in [-0.15, -0.1) is 5.10 Å². The summed E-state index contributed by atoms with van der Waals surface area (Å²) >= 11 is 1.39. The third-order valence-electron chi connectivity index (χ3n) is 3.41. The smallest absolute Gasteiger partial charge is 0.236 e. The summed E-state index contributed by atoms with van der Waals surface area (Å²) in [5, 5.41) is 15.1. The molecule has 1 aliphatic rings. The van der Waals surface area contributed by atoms with Gasteiger partial charge >= 0.3 is 0 Å². The highest BCUT2D eigenvalue weighted by atomic mass is 32.2. The fourth-order valence-electron chi connectivity index (χ4n) is 2.19. The Balaban J connectivity index is 1.94. The molecular weight excluding hydrogens is 262 g/mol. The first-order valence-electron chi connectivity index (χ1n) is 6.71. The fraction of sp³-hybridized carbons (Fsp3) is 0.833. The number of carbonyl (C=O) groups excluding carboxylic acids is 1. The molecule has 0 aliphatic heterocycles. The van der Waals surface area contributed by atoms with Crippen molar-refractivity contribution < 1.29 is 4.79 Å². The van der Waals surface area contributed by atoms with Gasteiger partial charge in [-0.1, -0.05) is 31.0 Å². The highest BCUT2D eigenvalue weighted by molar-refractivity contribution is 8.01. The summed E-state index contributed by atoms with van der Waals surface area (Å²) in [7, 11) is 1.78. The van der Waals surface area contributed by atoms with Crippen LogP contribution >= 0.6 is 11.8 Å². The van der Waals surface area contributed by atoms with E-state index in [0.717, 1.165) is 12.8 Å². The summed E-state index contributed by atoms with van der Waals surface area (Å²) in [6, 6.07) is 0.332. The van der Waals surface area contributed by atoms with Gasteiger partial charge in [0.1, 0.15) is 0 Å². The molecule has 0 radical (unpaired) electrons. The van der Waals surface area contributed by atoms with Gasteiger partial charge in [0.05, 0.1) is 4.75 Å². The van der Waals surface area contributed by atoms with Crippen LogP contribution in [0.2, 0.25) is 0 Å². The van der Waals surface area contributed by atoms with E-state index >= 15 is 0 Å². The highest BCUT2D eigenvalue weighted by Crippen LogP contribution is 2.31. The second kappa shape index (κ2) is 5.90. The van der Waals surface area contributed by atoms with Gasteiger partial charge < -0.3 is 5.32 Å². The SMILES string of the molecule is Cn1nnnc1SC(C)(C)C(=O)NC1CCCCC1. The van der Waals surface area contributed by atoms with Gasteiger partial charge in [0.25, 0.3) is 0 Å². The maximum atomic E-state index is 12.4. The molecule has 1 N–H and O–H groups in total. The lowest BCUT2D eigenvalue weighted by Crippen LogP contribution is -2.45. The first kappa shape index (κ1) is 14.3. The van der Waals surface area contributed by atoms with Crippen LogP contribution in [-0.2, 0) is 11.8 Å². The summed E-state index contributed by atoms with van der Waals surface area (Å²) in [5.74, 6) is 0.0624. The van der Waals surface area contributed by atoms with Gasteiger partial charge in [-0.3, -0.25) is 4.79 Å². The summed E-state index contributed by atoms with van der Waals surface area (Å²) < 4.78 is 1.01. The number of tetrazole rings is 1. The van der Waals surface area contributed by atoms with Gasteiger partial charge in [-0.05, 0) is 37.1 Å². The van der Waals surface area contributed by atoms with E-state index in [1.165, 1.54) is 31.0 Å². The molecule has 6 nitrogen and oxygen atoms in total. The van der Waals surface area contributed by atoms with Crippen molar-refractivity contribution in [3.05, 3.63) is 0 Å². The van der Waals surface area contributed by atoms with E-state index in [1.54, 1.807) is 11.7 Å². The molecule has 0 bridgehead atoms. The molecule has 0 spiro atoms. The van der Waals surface area contributed by atoms with Crippen molar-refractivity contribution in [3.63, 3.8) is 0 Å². The number of nitrogens with zero attached hydrogens (tertiary/aromatic N) is 4. The average molecular weight is 283 g/mol. The number of aryl methyl sites for hydroxylation is 1. The Labute approximate surface area is 117 Å². The topological polar surface area (TPSA) is 72.7 Å². The number of nitrogens with one attached hydrogen (secondary N) is 1. The largest absolute Gasteiger partial charge is 0.352 e. The van der Waals surface area contributed by atoms with E-state index in [-0.39, 0.29) is 5.91 Å². The lowest BCUT2D eigenvalue weighted by Gasteiger charge is -2.28. The molecule has 1 aliphatic carbocycles. The predicted molar refractivity (Wildman–Crippen MR) is 73.7 cm³/mol. The van der Waals surface area contributed by atoms with Crippen LogP contribution in [0.3, 0.4) is 0 Å². The van der Waals surface area contributed by atoms with Crippen LogP contribution in [0.15, 0.2) is 5.16 Å². The third kappa shape index (κ3) is 3.68. The number of thioether (sulfide) groups is 1. The highest BCUT2D eigenvalue weighted by Gasteiger charge is 2.32. The van der Waals surface area contributed by atoms with E-state index in [9.17, 15) is 4.79 Å². The molecule has 7 heteroatoms. The molecule has 1 heterocycles. The van der Waals surface area contributed by atoms with Gasteiger partial charge in [-0.2, -0.15) is 0 Å². The number of amides is 1. The van der Waals surface area contributed by atoms with Crippen molar-refractivity contribution in [2.45, 2.75) is 61.9 Å². The molecular formula is C12H21N5OS. The molecule has 1 amide bonds. The molecule has 0 aromatic carbocycles. The first-order valence-corrected chi connectivity index (χ1v) is 7.53. The molecule has 1 fully saturated rings. The lowest BCUT2D eigenvalue weighted by molar-refractivity contribution is -0.123. The second-order valence-electron chi connectivity index (χ2n) is 5.51. The maximum absolute atomic E-state index is 12.4. The van der Waals surface area contributed by atoms with Crippen LogP contribution in [0.4, 0.5) is 0 Å². The Morgan fingerprint density at radius 1 is 1.37 bits per heavy atom. The second-order valence-corrected chi connectivity index (χ2v) is 7.10. The van der Waals surface area contributed by atoms with Gasteiger partial charge in [-0.25, -0.2) is 4.68 Å². The number of rotatable bonds is 4. The van der Waals surface area contributed by atoms with Crippen LogP contribution in [0.1, 0.15) is 46.0 Å². The fourth-order valence-corrected chi connectivity index (χ4v) is 3.04. The standard InChI is InChI=1S/C12H21N5OS/c1-12(2,19-11-14-15-16-17(11)3)10(18)13-9-7-5-4-6-8-9/h9H,4-8H2,1-3H3,(H,13,18). The Hall–Kier alpha value is -1.11. The number of carbonyl (C=O) groups is 1. The summed E-state index contributed by atoms with van der Waals surface area (Å²) in [5.41, 5.74) is 0. The molecule has 0 unspecified atom stereocenters. The van der Waals surface area contributed by atoms with Crippen LogP contribution in [0, 0.1) is 0 Å². The predicted octanol–water partition coefficient (Wildman–Crippen LogP) is 1.53. The Bertz CT molecular complexity index is 439. The summed E-state index contributed by atoms with van der Waals surface area (Å²) in [6.45, 7) is 3.81. The zero-order valence-corrected chi connectivity index (χ0v) is 12.5. The van der Waals surface area contributed by atoms with E-state index in [4.69, 9.17) is 0 Å². The van der Waals surface area contributed by atoms with E-state index in [0.29, 0.717) is 11.2 Å². The Morgan fingerprint density at radius 2 is 2.05 bits per heavy atom. The van der Waals surface area contributed by atoms with Gasteiger partial charge in [0.2, 0.25) is 11.1 Å². The van der Waals surface area contributed by atoms with E-state index in [1.807, 2.05) is 13.8 Å². The maximum Gasteiger partial charge on any atom is 0.236 e. The van der Waals surface area contributed by atoms with Crippen LogP contribution < -0.4 is 5.32 Å². The Kier molecular flexibility index (Phi) is 4.44. The number of hydrogen-bond acceptors (Lipinski definition) is 5. The third-order valence-corrected chi connectivity index (χ3v) is 4.64. The van der Waals surface area contributed by atoms with E-state index < -0.39 is 4.75 Å². The minimum atomic E-state index is -0.570. The summed E-state index contributed by atoms with van der Waals surface area (Å²) in [4.78, 5) is 12.4. The number of aromatic nitrogens is 4.